The third-order valence-corrected chi connectivity index (χ3v) is 4.86. The van der Waals surface area contributed by atoms with Gasteiger partial charge in [0.2, 0.25) is 5.91 Å². The van der Waals surface area contributed by atoms with Crippen LogP contribution in [0, 0.1) is 0 Å². The van der Waals surface area contributed by atoms with Crippen LogP contribution in [-0.2, 0) is 11.3 Å². The fourth-order valence-corrected chi connectivity index (χ4v) is 3.17. The number of amides is 2. The fourth-order valence-electron chi connectivity index (χ4n) is 3.17. The van der Waals surface area contributed by atoms with Crippen molar-refractivity contribution < 1.29 is 9.59 Å². The van der Waals surface area contributed by atoms with Crippen LogP contribution in [0.15, 0.2) is 60.7 Å². The molecule has 1 atom stereocenters. The first-order chi connectivity index (χ1) is 12.6. The molecule has 5 nitrogen and oxygen atoms in total. The lowest BCUT2D eigenvalue weighted by Crippen LogP contribution is -2.54. The van der Waals surface area contributed by atoms with Crippen molar-refractivity contribution in [3.8, 4) is 0 Å². The minimum atomic E-state index is -0.201. The standard InChI is InChI=1S/C21H25N3O2/c1-17(20(25)22-16-18-8-4-2-5-9-18)23-12-14-24(15-13-23)21(26)19-10-6-3-7-11-19/h2-11,17H,12-16H2,1H3,(H,22,25). The van der Waals surface area contributed by atoms with E-state index in [1.807, 2.05) is 72.5 Å². The van der Waals surface area contributed by atoms with Gasteiger partial charge >= 0.3 is 0 Å². The molecular formula is C21H25N3O2. The highest BCUT2D eigenvalue weighted by Gasteiger charge is 2.27. The molecule has 1 saturated heterocycles. The third kappa shape index (κ3) is 4.49. The van der Waals surface area contributed by atoms with Gasteiger partial charge in [0.15, 0.2) is 0 Å². The van der Waals surface area contributed by atoms with Crippen LogP contribution in [0.2, 0.25) is 0 Å². The Morgan fingerprint density at radius 1 is 0.923 bits per heavy atom. The zero-order valence-electron chi connectivity index (χ0n) is 15.1. The summed E-state index contributed by atoms with van der Waals surface area (Å²) in [6.07, 6.45) is 0. The molecule has 136 valence electrons. The second-order valence-corrected chi connectivity index (χ2v) is 6.57. The maximum Gasteiger partial charge on any atom is 0.253 e. The lowest BCUT2D eigenvalue weighted by molar-refractivity contribution is -0.126. The number of rotatable bonds is 5. The average Bonchev–Trinajstić information content (AvgIpc) is 2.72. The van der Waals surface area contributed by atoms with Gasteiger partial charge in [0.05, 0.1) is 6.04 Å². The second kappa shape index (κ2) is 8.63. The molecule has 0 radical (unpaired) electrons. The van der Waals surface area contributed by atoms with Crippen LogP contribution in [0.4, 0.5) is 0 Å². The summed E-state index contributed by atoms with van der Waals surface area (Å²) in [4.78, 5) is 28.9. The van der Waals surface area contributed by atoms with Crippen LogP contribution in [0.3, 0.4) is 0 Å². The molecule has 1 unspecified atom stereocenters. The van der Waals surface area contributed by atoms with Gasteiger partial charge in [-0.15, -0.1) is 0 Å². The van der Waals surface area contributed by atoms with Crippen molar-refractivity contribution >= 4 is 11.8 Å². The first-order valence-corrected chi connectivity index (χ1v) is 9.05. The molecule has 1 N–H and O–H groups in total. The van der Waals surface area contributed by atoms with Crippen molar-refractivity contribution in [1.82, 2.24) is 15.1 Å². The summed E-state index contributed by atoms with van der Waals surface area (Å²) in [5.74, 6) is 0.0862. The number of hydrogen-bond donors (Lipinski definition) is 1. The molecule has 0 aliphatic carbocycles. The predicted molar refractivity (Wildman–Crippen MR) is 102 cm³/mol. The Morgan fingerprint density at radius 3 is 2.12 bits per heavy atom. The zero-order valence-corrected chi connectivity index (χ0v) is 15.1. The number of carbonyl (C=O) groups excluding carboxylic acids is 2. The van der Waals surface area contributed by atoms with E-state index in [1.165, 1.54) is 0 Å². The summed E-state index contributed by atoms with van der Waals surface area (Å²) in [6.45, 7) is 5.16. The molecule has 0 spiro atoms. The summed E-state index contributed by atoms with van der Waals surface area (Å²) in [7, 11) is 0. The van der Waals surface area contributed by atoms with Crippen LogP contribution in [0.1, 0.15) is 22.8 Å². The van der Waals surface area contributed by atoms with Gasteiger partial charge in [-0.2, -0.15) is 0 Å². The van der Waals surface area contributed by atoms with Crippen molar-refractivity contribution in [1.29, 1.82) is 0 Å². The highest BCUT2D eigenvalue weighted by Crippen LogP contribution is 2.11. The Morgan fingerprint density at radius 2 is 1.50 bits per heavy atom. The second-order valence-electron chi connectivity index (χ2n) is 6.57. The lowest BCUT2D eigenvalue weighted by Gasteiger charge is -2.37. The van der Waals surface area contributed by atoms with Gasteiger partial charge in [0, 0.05) is 38.3 Å². The Kier molecular flexibility index (Phi) is 6.02. The van der Waals surface area contributed by atoms with Gasteiger partial charge in [0.25, 0.3) is 5.91 Å². The first kappa shape index (κ1) is 18.1. The minimum Gasteiger partial charge on any atom is -0.351 e. The SMILES string of the molecule is CC(C(=O)NCc1ccccc1)N1CCN(C(=O)c2ccccc2)CC1. The molecule has 1 heterocycles. The van der Waals surface area contributed by atoms with E-state index in [0.717, 1.165) is 11.1 Å². The van der Waals surface area contributed by atoms with E-state index in [1.54, 1.807) is 0 Å². The van der Waals surface area contributed by atoms with Crippen LogP contribution < -0.4 is 5.32 Å². The van der Waals surface area contributed by atoms with E-state index in [-0.39, 0.29) is 17.9 Å². The van der Waals surface area contributed by atoms with E-state index in [0.29, 0.717) is 32.7 Å². The Balaban J connectivity index is 1.48. The van der Waals surface area contributed by atoms with Gasteiger partial charge in [-0.05, 0) is 24.6 Å². The smallest absolute Gasteiger partial charge is 0.253 e. The maximum atomic E-state index is 12.5. The van der Waals surface area contributed by atoms with Crippen molar-refractivity contribution in [2.75, 3.05) is 26.2 Å². The number of benzene rings is 2. The quantitative estimate of drug-likeness (QED) is 0.898. The summed E-state index contributed by atoms with van der Waals surface area (Å²) in [6, 6.07) is 19.0. The zero-order chi connectivity index (χ0) is 18.4. The summed E-state index contributed by atoms with van der Waals surface area (Å²) in [5, 5.41) is 2.99. The molecule has 26 heavy (non-hydrogen) atoms. The van der Waals surface area contributed by atoms with E-state index < -0.39 is 0 Å². The number of carbonyl (C=O) groups is 2. The molecule has 1 aliphatic rings. The molecule has 1 fully saturated rings. The lowest BCUT2D eigenvalue weighted by atomic mass is 10.1. The number of nitrogens with zero attached hydrogens (tertiary/aromatic N) is 2. The molecule has 1 aliphatic heterocycles. The summed E-state index contributed by atoms with van der Waals surface area (Å²) in [5.41, 5.74) is 1.81. The molecule has 5 heteroatoms. The largest absolute Gasteiger partial charge is 0.351 e. The van der Waals surface area contributed by atoms with Crippen LogP contribution in [0.5, 0.6) is 0 Å². The molecule has 0 aromatic heterocycles. The van der Waals surface area contributed by atoms with Crippen molar-refractivity contribution in [3.63, 3.8) is 0 Å². The van der Waals surface area contributed by atoms with Crippen molar-refractivity contribution in [3.05, 3.63) is 71.8 Å². The number of piperazine rings is 1. The summed E-state index contributed by atoms with van der Waals surface area (Å²) >= 11 is 0. The van der Waals surface area contributed by atoms with E-state index in [4.69, 9.17) is 0 Å². The maximum absolute atomic E-state index is 12.5. The highest BCUT2D eigenvalue weighted by molar-refractivity contribution is 5.94. The monoisotopic (exact) mass is 351 g/mol. The normalized spacial score (nSPS) is 16.1. The molecule has 2 amide bonds. The van der Waals surface area contributed by atoms with Crippen molar-refractivity contribution in [2.45, 2.75) is 19.5 Å². The first-order valence-electron chi connectivity index (χ1n) is 9.05. The molecule has 2 aromatic carbocycles. The molecular weight excluding hydrogens is 326 g/mol. The molecule has 0 saturated carbocycles. The average molecular weight is 351 g/mol. The van der Waals surface area contributed by atoms with Crippen LogP contribution in [0.25, 0.3) is 0 Å². The van der Waals surface area contributed by atoms with Crippen molar-refractivity contribution in [2.24, 2.45) is 0 Å². The van der Waals surface area contributed by atoms with Crippen LogP contribution in [-0.4, -0.2) is 53.8 Å². The minimum absolute atomic E-state index is 0.0247. The fraction of sp³-hybridized carbons (Fsp3) is 0.333. The predicted octanol–water partition coefficient (Wildman–Crippen LogP) is 2.15. The van der Waals surface area contributed by atoms with Gasteiger partial charge in [0.1, 0.15) is 0 Å². The molecule has 3 rings (SSSR count). The highest BCUT2D eigenvalue weighted by atomic mass is 16.2. The third-order valence-electron chi connectivity index (χ3n) is 4.86. The Bertz CT molecular complexity index is 725. The van der Waals surface area contributed by atoms with Gasteiger partial charge < -0.3 is 10.2 Å². The Labute approximate surface area is 154 Å². The van der Waals surface area contributed by atoms with Gasteiger partial charge in [-0.1, -0.05) is 48.5 Å². The Hall–Kier alpha value is -2.66. The van der Waals surface area contributed by atoms with Crippen LogP contribution >= 0.6 is 0 Å². The topological polar surface area (TPSA) is 52.7 Å². The van der Waals surface area contributed by atoms with Gasteiger partial charge in [-0.3, -0.25) is 14.5 Å². The van der Waals surface area contributed by atoms with E-state index in [9.17, 15) is 9.59 Å². The molecule has 2 aromatic rings. The molecule has 0 bridgehead atoms. The number of hydrogen-bond acceptors (Lipinski definition) is 3. The number of nitrogens with one attached hydrogen (secondary N) is 1. The summed E-state index contributed by atoms with van der Waals surface area (Å²) < 4.78 is 0. The van der Waals surface area contributed by atoms with Gasteiger partial charge in [-0.25, -0.2) is 0 Å². The van der Waals surface area contributed by atoms with E-state index in [2.05, 4.69) is 10.2 Å². The van der Waals surface area contributed by atoms with E-state index >= 15 is 0 Å².